The first-order valence-corrected chi connectivity index (χ1v) is 13.7. The molecule has 2 heterocycles. The number of carbonyl (C=O) groups is 1. The van der Waals surface area contributed by atoms with Gasteiger partial charge in [-0.2, -0.15) is 0 Å². The smallest absolute Gasteiger partial charge is 0.309 e. The monoisotopic (exact) mass is 534 g/mol. The van der Waals surface area contributed by atoms with Gasteiger partial charge >= 0.3 is 5.97 Å². The van der Waals surface area contributed by atoms with Crippen molar-refractivity contribution in [2.75, 3.05) is 20.3 Å². The van der Waals surface area contributed by atoms with Crippen LogP contribution in [0.4, 0.5) is 0 Å². The second-order valence-corrected chi connectivity index (χ2v) is 10.6. The minimum absolute atomic E-state index is 0.248. The van der Waals surface area contributed by atoms with E-state index in [2.05, 4.69) is 0 Å². The summed E-state index contributed by atoms with van der Waals surface area (Å²) in [6.45, 7) is 1.48. The molecule has 6 atom stereocenters. The molecule has 4 N–H and O–H groups in total. The van der Waals surface area contributed by atoms with Gasteiger partial charge in [-0.15, -0.1) is 0 Å². The summed E-state index contributed by atoms with van der Waals surface area (Å²) < 4.78 is 29.1. The summed E-state index contributed by atoms with van der Waals surface area (Å²) >= 11 is 0. The first-order valence-electron chi connectivity index (χ1n) is 13.7. The van der Waals surface area contributed by atoms with Gasteiger partial charge in [0.05, 0.1) is 32.5 Å². The maximum absolute atomic E-state index is 12.7. The molecule has 1 saturated heterocycles. The molecule has 0 bridgehead atoms. The third kappa shape index (κ3) is 4.77. The van der Waals surface area contributed by atoms with Gasteiger partial charge in [0.2, 0.25) is 12.0 Å². The van der Waals surface area contributed by atoms with Crippen molar-refractivity contribution in [1.82, 2.24) is 0 Å². The molecule has 1 aromatic heterocycles. The molecule has 2 fully saturated rings. The molecule has 2 aromatic rings. The van der Waals surface area contributed by atoms with E-state index in [1.165, 1.54) is 26.4 Å². The molecule has 1 aliphatic heterocycles. The van der Waals surface area contributed by atoms with Crippen molar-refractivity contribution in [3.8, 4) is 11.5 Å². The van der Waals surface area contributed by atoms with Crippen LogP contribution in [0, 0.1) is 5.92 Å². The Morgan fingerprint density at radius 3 is 2.47 bits per heavy atom. The SMILES string of the molecule is CCOC(=O)[C@H]1CCc2c(c(O[C@H]3O[C@H](CO)[C@@H](O)[C@H](O)[C@H]3O)c(OC)c3occ(C4CCCCC4)c23)C1. The first-order chi connectivity index (χ1) is 18.4. The lowest BCUT2D eigenvalue weighted by molar-refractivity contribution is -0.277. The molecule has 0 radical (unpaired) electrons. The summed E-state index contributed by atoms with van der Waals surface area (Å²) in [5.41, 5.74) is 3.42. The van der Waals surface area contributed by atoms with Crippen LogP contribution in [-0.4, -0.2) is 77.4 Å². The number of hydrogen-bond acceptors (Lipinski definition) is 10. The quantitative estimate of drug-likeness (QED) is 0.390. The molecule has 3 aliphatic rings. The number of benzene rings is 1. The standard InChI is InChI=1S/C28H38O10/c1-3-35-27(33)15-9-10-16-17(11-15)24(38-28-23(32)22(31)21(30)19(12-29)37-28)26(34-2)25-20(16)18(13-36-25)14-7-5-4-6-8-14/h13-15,19,21-23,28-32H,3-12H2,1-2H3/t15-,19+,21+,22-,23+,28+/m0/s1. The molecule has 0 amide bonds. The van der Waals surface area contributed by atoms with Crippen molar-refractivity contribution >= 4 is 16.9 Å². The Hall–Kier alpha value is -2.37. The van der Waals surface area contributed by atoms with E-state index < -0.39 is 37.3 Å². The third-order valence-corrected chi connectivity index (χ3v) is 8.32. The van der Waals surface area contributed by atoms with E-state index in [1.54, 1.807) is 13.2 Å². The summed E-state index contributed by atoms with van der Waals surface area (Å²) in [6.07, 6.45) is 1.85. The van der Waals surface area contributed by atoms with Gasteiger partial charge in [-0.3, -0.25) is 4.79 Å². The highest BCUT2D eigenvalue weighted by Gasteiger charge is 2.46. The Kier molecular flexibility index (Phi) is 8.16. The molecular weight excluding hydrogens is 496 g/mol. The van der Waals surface area contributed by atoms with Gasteiger partial charge in [-0.1, -0.05) is 19.3 Å². The highest BCUT2D eigenvalue weighted by molar-refractivity contribution is 5.94. The molecular formula is C28H38O10. The van der Waals surface area contributed by atoms with Gasteiger partial charge in [0.1, 0.15) is 24.4 Å². The average molecular weight is 535 g/mol. The fourth-order valence-electron chi connectivity index (χ4n) is 6.30. The van der Waals surface area contributed by atoms with Crippen molar-refractivity contribution in [3.63, 3.8) is 0 Å². The van der Waals surface area contributed by atoms with Crippen LogP contribution < -0.4 is 9.47 Å². The van der Waals surface area contributed by atoms with Crippen molar-refractivity contribution in [1.29, 1.82) is 0 Å². The molecule has 5 rings (SSSR count). The minimum Gasteiger partial charge on any atom is -0.490 e. The van der Waals surface area contributed by atoms with Crippen molar-refractivity contribution < 1.29 is 48.6 Å². The summed E-state index contributed by atoms with van der Waals surface area (Å²) in [5.74, 6) is 0.265. The van der Waals surface area contributed by atoms with E-state index >= 15 is 0 Å². The van der Waals surface area contributed by atoms with Crippen LogP contribution in [0.5, 0.6) is 11.5 Å². The van der Waals surface area contributed by atoms with Gasteiger partial charge in [0.25, 0.3) is 0 Å². The molecule has 2 aliphatic carbocycles. The zero-order valence-electron chi connectivity index (χ0n) is 21.9. The number of fused-ring (bicyclic) bond motifs is 3. The summed E-state index contributed by atoms with van der Waals surface area (Å²) in [5, 5.41) is 41.8. The Bertz CT molecular complexity index is 1130. The van der Waals surface area contributed by atoms with Crippen molar-refractivity contribution in [2.45, 2.75) is 94.9 Å². The number of rotatable bonds is 7. The summed E-state index contributed by atoms with van der Waals surface area (Å²) in [4.78, 5) is 12.7. The van der Waals surface area contributed by atoms with Gasteiger partial charge in [-0.05, 0) is 50.5 Å². The number of methoxy groups -OCH3 is 1. The van der Waals surface area contributed by atoms with E-state index in [9.17, 15) is 25.2 Å². The molecule has 210 valence electrons. The van der Waals surface area contributed by atoms with Crippen molar-refractivity contribution in [2.24, 2.45) is 5.92 Å². The fraction of sp³-hybridized carbons (Fsp3) is 0.679. The molecule has 10 heteroatoms. The Balaban J connectivity index is 1.62. The number of ether oxygens (including phenoxy) is 4. The van der Waals surface area contributed by atoms with Crippen LogP contribution in [-0.2, 0) is 27.1 Å². The topological polar surface area (TPSA) is 148 Å². The van der Waals surface area contributed by atoms with Gasteiger partial charge in [-0.25, -0.2) is 0 Å². The Labute approximate surface area is 221 Å². The maximum atomic E-state index is 12.7. The molecule has 0 spiro atoms. The zero-order valence-corrected chi connectivity index (χ0v) is 21.9. The van der Waals surface area contributed by atoms with Crippen LogP contribution in [0.25, 0.3) is 11.0 Å². The van der Waals surface area contributed by atoms with E-state index in [-0.39, 0.29) is 24.2 Å². The molecule has 10 nitrogen and oxygen atoms in total. The third-order valence-electron chi connectivity index (χ3n) is 8.32. The summed E-state index contributed by atoms with van der Waals surface area (Å²) in [6, 6.07) is 0. The summed E-state index contributed by atoms with van der Waals surface area (Å²) in [7, 11) is 1.50. The molecule has 1 aromatic carbocycles. The highest BCUT2D eigenvalue weighted by Crippen LogP contribution is 2.50. The molecule has 1 saturated carbocycles. The number of aliphatic hydroxyl groups excluding tert-OH is 4. The van der Waals surface area contributed by atoms with Crippen molar-refractivity contribution in [3.05, 3.63) is 23.0 Å². The normalized spacial score (nSPS) is 30.2. The van der Waals surface area contributed by atoms with E-state index in [1.807, 2.05) is 0 Å². The van der Waals surface area contributed by atoms with Crippen LogP contribution in [0.15, 0.2) is 10.7 Å². The van der Waals surface area contributed by atoms with Gasteiger partial charge < -0.3 is 43.8 Å². The highest BCUT2D eigenvalue weighted by atomic mass is 16.7. The lowest BCUT2D eigenvalue weighted by Crippen LogP contribution is -2.60. The largest absolute Gasteiger partial charge is 0.490 e. The van der Waals surface area contributed by atoms with E-state index in [4.69, 9.17) is 23.4 Å². The number of aryl methyl sites for hydroxylation is 1. The van der Waals surface area contributed by atoms with Gasteiger partial charge in [0, 0.05) is 16.5 Å². The molecule has 0 unspecified atom stereocenters. The second kappa shape index (κ2) is 11.4. The molecule has 38 heavy (non-hydrogen) atoms. The van der Waals surface area contributed by atoms with Crippen LogP contribution in [0.3, 0.4) is 0 Å². The average Bonchev–Trinajstić information content (AvgIpc) is 3.38. The number of esters is 1. The van der Waals surface area contributed by atoms with Crippen LogP contribution in [0.2, 0.25) is 0 Å². The van der Waals surface area contributed by atoms with Gasteiger partial charge in [0.15, 0.2) is 11.3 Å². The van der Waals surface area contributed by atoms with E-state index in [0.717, 1.165) is 34.9 Å². The van der Waals surface area contributed by atoms with E-state index in [0.29, 0.717) is 36.5 Å². The first kappa shape index (κ1) is 27.2. The Morgan fingerprint density at radius 1 is 1.03 bits per heavy atom. The van der Waals surface area contributed by atoms with Crippen LogP contribution >= 0.6 is 0 Å². The predicted molar refractivity (Wildman–Crippen MR) is 135 cm³/mol. The zero-order chi connectivity index (χ0) is 27.0. The number of furan rings is 1. The number of carbonyl (C=O) groups excluding carboxylic acids is 1. The maximum Gasteiger partial charge on any atom is 0.309 e. The number of aliphatic hydroxyl groups is 4. The minimum atomic E-state index is -1.59. The lowest BCUT2D eigenvalue weighted by atomic mass is 9.78. The number of hydrogen-bond donors (Lipinski definition) is 4. The Morgan fingerprint density at radius 2 is 1.79 bits per heavy atom. The lowest BCUT2D eigenvalue weighted by Gasteiger charge is -2.40. The second-order valence-electron chi connectivity index (χ2n) is 10.6. The fourth-order valence-corrected chi connectivity index (χ4v) is 6.30. The predicted octanol–water partition coefficient (Wildman–Crippen LogP) is 2.34. The van der Waals surface area contributed by atoms with Crippen LogP contribution in [0.1, 0.15) is 68.1 Å².